The largest absolute Gasteiger partial charge is 0.477 e. The van der Waals surface area contributed by atoms with Gasteiger partial charge < -0.3 is 10.4 Å². The zero-order valence-electron chi connectivity index (χ0n) is 9.75. The van der Waals surface area contributed by atoms with Gasteiger partial charge in [-0.1, -0.05) is 0 Å². The van der Waals surface area contributed by atoms with Crippen molar-refractivity contribution >= 4 is 29.2 Å². The monoisotopic (exact) mass is 271 g/mol. The number of pyridine rings is 1. The van der Waals surface area contributed by atoms with Crippen molar-refractivity contribution in [1.82, 2.24) is 4.98 Å². The lowest BCUT2D eigenvalue weighted by atomic mass is 10.2. The first-order valence-corrected chi connectivity index (χ1v) is 6.56. The lowest BCUT2D eigenvalue weighted by molar-refractivity contribution is -0.385. The Hall–Kier alpha value is -1.83. The molecule has 0 aromatic carbocycles. The Labute approximate surface area is 108 Å². The van der Waals surface area contributed by atoms with Crippen molar-refractivity contribution in [2.45, 2.75) is 6.42 Å². The van der Waals surface area contributed by atoms with Gasteiger partial charge in [-0.2, -0.15) is 11.8 Å². The molecular formula is C10H13N3O4S. The zero-order valence-corrected chi connectivity index (χ0v) is 10.6. The second kappa shape index (κ2) is 6.80. The van der Waals surface area contributed by atoms with Crippen molar-refractivity contribution in [3.05, 3.63) is 27.9 Å². The van der Waals surface area contributed by atoms with E-state index < -0.39 is 16.6 Å². The Morgan fingerprint density at radius 3 is 2.94 bits per heavy atom. The van der Waals surface area contributed by atoms with Crippen LogP contribution >= 0.6 is 11.8 Å². The average Bonchev–Trinajstić information content (AvgIpc) is 2.34. The van der Waals surface area contributed by atoms with Gasteiger partial charge in [0.1, 0.15) is 17.6 Å². The van der Waals surface area contributed by atoms with Crippen LogP contribution in [0, 0.1) is 10.1 Å². The number of nitrogens with zero attached hydrogens (tertiary/aromatic N) is 2. The molecule has 1 rings (SSSR count). The maximum atomic E-state index is 10.9. The highest BCUT2D eigenvalue weighted by Crippen LogP contribution is 2.20. The maximum Gasteiger partial charge on any atom is 0.342 e. The van der Waals surface area contributed by atoms with Gasteiger partial charge in [-0.3, -0.25) is 10.1 Å². The number of hydrogen-bond donors (Lipinski definition) is 2. The molecule has 1 aromatic rings. The van der Waals surface area contributed by atoms with Crippen molar-refractivity contribution < 1.29 is 14.8 Å². The summed E-state index contributed by atoms with van der Waals surface area (Å²) in [5, 5.41) is 22.4. The third-order valence-corrected chi connectivity index (χ3v) is 2.84. The number of aromatic nitrogens is 1. The Morgan fingerprint density at radius 1 is 1.67 bits per heavy atom. The van der Waals surface area contributed by atoms with E-state index in [1.54, 1.807) is 11.8 Å². The molecular weight excluding hydrogens is 258 g/mol. The van der Waals surface area contributed by atoms with Crippen LogP contribution in [0.25, 0.3) is 0 Å². The number of hydrogen-bond acceptors (Lipinski definition) is 6. The van der Waals surface area contributed by atoms with Crippen LogP contribution in [-0.2, 0) is 0 Å². The summed E-state index contributed by atoms with van der Waals surface area (Å²) in [4.78, 5) is 24.6. The summed E-state index contributed by atoms with van der Waals surface area (Å²) in [6.07, 6.45) is 3.86. The summed E-state index contributed by atoms with van der Waals surface area (Å²) in [7, 11) is 0. The number of aromatic carboxylic acids is 1. The Morgan fingerprint density at radius 2 is 2.39 bits per heavy atom. The van der Waals surface area contributed by atoms with Crippen LogP contribution < -0.4 is 5.32 Å². The Kier molecular flexibility index (Phi) is 5.37. The SMILES string of the molecule is CSCCCNc1cc(C(=O)O)c([N+](=O)[O-])cn1. The summed E-state index contributed by atoms with van der Waals surface area (Å²) >= 11 is 1.71. The van der Waals surface area contributed by atoms with Gasteiger partial charge in [-0.05, 0) is 18.4 Å². The highest BCUT2D eigenvalue weighted by atomic mass is 32.2. The first kappa shape index (κ1) is 14.2. The van der Waals surface area contributed by atoms with Crippen molar-refractivity contribution in [3.8, 4) is 0 Å². The van der Waals surface area contributed by atoms with Crippen molar-refractivity contribution in [3.63, 3.8) is 0 Å². The van der Waals surface area contributed by atoms with Crippen LogP contribution in [0.1, 0.15) is 16.8 Å². The van der Waals surface area contributed by atoms with Crippen molar-refractivity contribution in [2.24, 2.45) is 0 Å². The molecule has 8 heteroatoms. The fourth-order valence-electron chi connectivity index (χ4n) is 1.29. The molecule has 0 spiro atoms. The number of carbonyl (C=O) groups is 1. The Balaban J connectivity index is 2.80. The van der Waals surface area contributed by atoms with Gasteiger partial charge in [-0.25, -0.2) is 9.78 Å². The molecule has 0 fully saturated rings. The fraction of sp³-hybridized carbons (Fsp3) is 0.400. The molecule has 0 saturated carbocycles. The minimum atomic E-state index is -1.34. The number of nitrogens with one attached hydrogen (secondary N) is 1. The number of anilines is 1. The van der Waals surface area contributed by atoms with Gasteiger partial charge in [0.05, 0.1) is 4.92 Å². The molecule has 18 heavy (non-hydrogen) atoms. The van der Waals surface area contributed by atoms with E-state index in [9.17, 15) is 14.9 Å². The standard InChI is InChI=1S/C10H13N3O4S/c1-18-4-2-3-11-9-5-7(10(14)15)8(6-12-9)13(16)17/h5-6H,2-4H2,1H3,(H,11,12)(H,14,15). The molecule has 0 aliphatic heterocycles. The summed E-state index contributed by atoms with van der Waals surface area (Å²) in [5.41, 5.74) is -0.862. The molecule has 0 amide bonds. The van der Waals surface area contributed by atoms with E-state index in [4.69, 9.17) is 5.11 Å². The van der Waals surface area contributed by atoms with Gasteiger partial charge in [0.25, 0.3) is 0 Å². The van der Waals surface area contributed by atoms with Crippen molar-refractivity contribution in [1.29, 1.82) is 0 Å². The molecule has 2 N–H and O–H groups in total. The predicted octanol–water partition coefficient (Wildman–Crippen LogP) is 1.85. The maximum absolute atomic E-state index is 10.9. The van der Waals surface area contributed by atoms with Crippen LogP contribution in [0.5, 0.6) is 0 Å². The summed E-state index contributed by atoms with van der Waals surface area (Å²) < 4.78 is 0. The molecule has 0 atom stereocenters. The number of carboxylic acids is 1. The minimum Gasteiger partial charge on any atom is -0.477 e. The summed E-state index contributed by atoms with van der Waals surface area (Å²) in [6, 6.07) is 1.18. The fourth-order valence-corrected chi connectivity index (χ4v) is 1.73. The van der Waals surface area contributed by atoms with Gasteiger partial charge in [0.15, 0.2) is 0 Å². The Bertz CT molecular complexity index is 453. The van der Waals surface area contributed by atoms with Crippen LogP contribution in [0.2, 0.25) is 0 Å². The quantitative estimate of drug-likeness (QED) is 0.443. The zero-order chi connectivity index (χ0) is 13.5. The van der Waals surface area contributed by atoms with Crippen LogP contribution in [0.3, 0.4) is 0 Å². The van der Waals surface area contributed by atoms with E-state index >= 15 is 0 Å². The normalized spacial score (nSPS) is 10.1. The molecule has 0 aliphatic carbocycles. The summed E-state index contributed by atoms with van der Waals surface area (Å²) in [6.45, 7) is 0.644. The number of nitro groups is 1. The topological polar surface area (TPSA) is 105 Å². The van der Waals surface area contributed by atoms with E-state index in [1.807, 2.05) is 6.26 Å². The van der Waals surface area contributed by atoms with E-state index in [2.05, 4.69) is 10.3 Å². The molecule has 1 aromatic heterocycles. The molecule has 0 bridgehead atoms. The van der Waals surface area contributed by atoms with Crippen LogP contribution in [0.15, 0.2) is 12.3 Å². The number of rotatable bonds is 7. The molecule has 7 nitrogen and oxygen atoms in total. The molecule has 0 saturated heterocycles. The summed E-state index contributed by atoms with van der Waals surface area (Å²) in [5.74, 6) is -0.0263. The van der Waals surface area contributed by atoms with E-state index in [0.717, 1.165) is 18.4 Å². The van der Waals surface area contributed by atoms with Crippen molar-refractivity contribution in [2.75, 3.05) is 23.9 Å². The minimum absolute atomic E-state index is 0.333. The first-order valence-electron chi connectivity index (χ1n) is 5.16. The van der Waals surface area contributed by atoms with Crippen LogP contribution in [-0.4, -0.2) is 39.5 Å². The van der Waals surface area contributed by atoms with E-state index in [0.29, 0.717) is 12.4 Å². The smallest absolute Gasteiger partial charge is 0.342 e. The van der Waals surface area contributed by atoms with Gasteiger partial charge >= 0.3 is 11.7 Å². The highest BCUT2D eigenvalue weighted by Gasteiger charge is 2.20. The third-order valence-electron chi connectivity index (χ3n) is 2.14. The highest BCUT2D eigenvalue weighted by molar-refractivity contribution is 7.98. The van der Waals surface area contributed by atoms with E-state index in [1.165, 1.54) is 6.07 Å². The molecule has 98 valence electrons. The second-order valence-corrected chi connectivity index (χ2v) is 4.41. The molecule has 0 aliphatic rings. The van der Waals surface area contributed by atoms with Gasteiger partial charge in [0.2, 0.25) is 0 Å². The van der Waals surface area contributed by atoms with E-state index in [-0.39, 0.29) is 5.56 Å². The second-order valence-electron chi connectivity index (χ2n) is 3.42. The third kappa shape index (κ3) is 3.88. The molecule has 0 radical (unpaired) electrons. The first-order chi connectivity index (χ1) is 8.56. The predicted molar refractivity (Wildman–Crippen MR) is 69.3 cm³/mol. The van der Waals surface area contributed by atoms with Crippen LogP contribution in [0.4, 0.5) is 11.5 Å². The molecule has 0 unspecified atom stereocenters. The van der Waals surface area contributed by atoms with Gasteiger partial charge in [0, 0.05) is 12.6 Å². The van der Waals surface area contributed by atoms with Gasteiger partial charge in [-0.15, -0.1) is 0 Å². The number of thioether (sulfide) groups is 1. The molecule has 1 heterocycles. The average molecular weight is 271 g/mol. The lowest BCUT2D eigenvalue weighted by Gasteiger charge is -2.05. The number of carboxylic acid groups (broad SMARTS) is 1. The lowest BCUT2D eigenvalue weighted by Crippen LogP contribution is -2.08.